The Bertz CT molecular complexity index is 661. The van der Waals surface area contributed by atoms with Gasteiger partial charge in [0, 0.05) is 4.47 Å². The van der Waals surface area contributed by atoms with Crippen LogP contribution in [-0.2, 0) is 0 Å². The highest BCUT2D eigenvalue weighted by Gasteiger charge is 2.15. The van der Waals surface area contributed by atoms with Crippen molar-refractivity contribution in [1.82, 2.24) is 0 Å². The minimum absolute atomic E-state index is 0.114. The quantitative estimate of drug-likeness (QED) is 0.871. The third-order valence-electron chi connectivity index (χ3n) is 2.64. The predicted molar refractivity (Wildman–Crippen MR) is 81.8 cm³/mol. The lowest BCUT2D eigenvalue weighted by Crippen LogP contribution is -2.12. The minimum Gasteiger partial charge on any atom is -0.504 e. The number of aromatic hydroxyl groups is 1. The molecule has 0 heterocycles. The molecule has 0 aliphatic rings. The summed E-state index contributed by atoms with van der Waals surface area (Å²) in [5.41, 5.74) is 0.574. The van der Waals surface area contributed by atoms with Crippen molar-refractivity contribution < 1.29 is 14.6 Å². The number of nitrogens with one attached hydrogen (secondary N) is 1. The van der Waals surface area contributed by atoms with E-state index in [9.17, 15) is 9.90 Å². The second-order valence-electron chi connectivity index (χ2n) is 3.93. The maximum atomic E-state index is 12.1. The third kappa shape index (κ3) is 3.05. The summed E-state index contributed by atoms with van der Waals surface area (Å²) in [5, 5.41) is 13.0. The number of hydrogen-bond acceptors (Lipinski definition) is 3. The summed E-state index contributed by atoms with van der Waals surface area (Å²) in [6, 6.07) is 9.78. The van der Waals surface area contributed by atoms with Crippen LogP contribution in [0.25, 0.3) is 0 Å². The number of phenols is 1. The molecular formula is C14H11BrClNO3. The van der Waals surface area contributed by atoms with Gasteiger partial charge in [0.2, 0.25) is 0 Å². The Morgan fingerprint density at radius 1 is 1.35 bits per heavy atom. The van der Waals surface area contributed by atoms with Gasteiger partial charge in [0.1, 0.15) is 0 Å². The van der Waals surface area contributed by atoms with Crippen molar-refractivity contribution in [3.63, 3.8) is 0 Å². The number of rotatable bonds is 3. The zero-order valence-electron chi connectivity index (χ0n) is 10.5. The van der Waals surface area contributed by atoms with Crippen LogP contribution in [0.4, 0.5) is 5.69 Å². The lowest BCUT2D eigenvalue weighted by atomic mass is 10.1. The highest BCUT2D eigenvalue weighted by atomic mass is 79.9. The summed E-state index contributed by atoms with van der Waals surface area (Å²) in [6.45, 7) is 0. The number of anilines is 1. The number of phenolic OH excluding ortho intramolecular Hbond substituents is 1. The summed E-state index contributed by atoms with van der Waals surface area (Å²) >= 11 is 9.31. The molecule has 0 saturated heterocycles. The number of amides is 1. The molecule has 0 radical (unpaired) electrons. The van der Waals surface area contributed by atoms with E-state index >= 15 is 0 Å². The lowest BCUT2D eigenvalue weighted by Gasteiger charge is -2.10. The van der Waals surface area contributed by atoms with Crippen LogP contribution in [0.1, 0.15) is 10.4 Å². The van der Waals surface area contributed by atoms with Gasteiger partial charge in [-0.3, -0.25) is 4.79 Å². The SMILES string of the molecule is COc1cccc(C(=O)Nc2ccc(Br)cc2Cl)c1O. The van der Waals surface area contributed by atoms with Gasteiger partial charge in [-0.2, -0.15) is 0 Å². The molecule has 4 nitrogen and oxygen atoms in total. The fourth-order valence-corrected chi connectivity index (χ4v) is 2.37. The van der Waals surface area contributed by atoms with E-state index in [1.54, 1.807) is 30.3 Å². The number of carbonyl (C=O) groups is 1. The maximum absolute atomic E-state index is 12.1. The molecule has 0 aliphatic heterocycles. The van der Waals surface area contributed by atoms with Crippen LogP contribution in [0, 0.1) is 0 Å². The van der Waals surface area contributed by atoms with Crippen molar-refractivity contribution >= 4 is 39.1 Å². The van der Waals surface area contributed by atoms with E-state index in [0.29, 0.717) is 10.7 Å². The Labute approximate surface area is 129 Å². The van der Waals surface area contributed by atoms with Crippen LogP contribution in [0.2, 0.25) is 5.02 Å². The van der Waals surface area contributed by atoms with Crippen molar-refractivity contribution in [3.05, 3.63) is 51.5 Å². The number of ether oxygens (including phenoxy) is 1. The molecule has 2 N–H and O–H groups in total. The largest absolute Gasteiger partial charge is 0.504 e. The van der Waals surface area contributed by atoms with Crippen LogP contribution >= 0.6 is 27.5 Å². The molecule has 0 saturated carbocycles. The van der Waals surface area contributed by atoms with Crippen molar-refractivity contribution in [3.8, 4) is 11.5 Å². The molecule has 0 bridgehead atoms. The van der Waals surface area contributed by atoms with Gasteiger partial charge in [0.25, 0.3) is 5.91 Å². The lowest BCUT2D eigenvalue weighted by molar-refractivity contribution is 0.102. The first-order valence-electron chi connectivity index (χ1n) is 5.65. The average Bonchev–Trinajstić information content (AvgIpc) is 2.42. The van der Waals surface area contributed by atoms with Gasteiger partial charge in [-0.1, -0.05) is 33.6 Å². The average molecular weight is 357 g/mol. The molecule has 0 atom stereocenters. The number of halogens is 2. The standard InChI is InChI=1S/C14H11BrClNO3/c1-20-12-4-2-3-9(13(12)18)14(19)17-11-6-5-8(15)7-10(11)16/h2-7,18H,1H3,(H,17,19). The van der Waals surface area contributed by atoms with Crippen LogP contribution in [0.3, 0.4) is 0 Å². The van der Waals surface area contributed by atoms with Crippen molar-refractivity contribution in [2.24, 2.45) is 0 Å². The van der Waals surface area contributed by atoms with E-state index in [1.807, 2.05) is 0 Å². The Morgan fingerprint density at radius 3 is 2.75 bits per heavy atom. The molecule has 104 valence electrons. The van der Waals surface area contributed by atoms with Crippen LogP contribution < -0.4 is 10.1 Å². The molecule has 0 spiro atoms. The Morgan fingerprint density at radius 2 is 2.10 bits per heavy atom. The normalized spacial score (nSPS) is 10.2. The molecule has 1 amide bonds. The topological polar surface area (TPSA) is 58.6 Å². The first-order valence-corrected chi connectivity index (χ1v) is 6.82. The highest BCUT2D eigenvalue weighted by Crippen LogP contribution is 2.31. The number of carbonyl (C=O) groups excluding carboxylic acids is 1. The summed E-state index contributed by atoms with van der Waals surface area (Å²) in [7, 11) is 1.42. The van der Waals surface area contributed by atoms with Gasteiger partial charge in [0.15, 0.2) is 11.5 Å². The monoisotopic (exact) mass is 355 g/mol. The summed E-state index contributed by atoms with van der Waals surface area (Å²) in [4.78, 5) is 12.1. The van der Waals surface area contributed by atoms with Gasteiger partial charge < -0.3 is 15.2 Å². The van der Waals surface area contributed by atoms with Crippen molar-refractivity contribution in [1.29, 1.82) is 0 Å². The van der Waals surface area contributed by atoms with E-state index in [-0.39, 0.29) is 17.1 Å². The number of para-hydroxylation sites is 1. The molecule has 20 heavy (non-hydrogen) atoms. The summed E-state index contributed by atoms with van der Waals surface area (Å²) in [6.07, 6.45) is 0. The Kier molecular flexibility index (Phi) is 4.52. The van der Waals surface area contributed by atoms with E-state index in [0.717, 1.165) is 4.47 Å². The van der Waals surface area contributed by atoms with E-state index in [2.05, 4.69) is 21.2 Å². The van der Waals surface area contributed by atoms with Crippen molar-refractivity contribution in [2.75, 3.05) is 12.4 Å². The fourth-order valence-electron chi connectivity index (χ4n) is 1.65. The zero-order chi connectivity index (χ0) is 14.7. The van der Waals surface area contributed by atoms with Crippen molar-refractivity contribution in [2.45, 2.75) is 0 Å². The first kappa shape index (κ1) is 14.7. The summed E-state index contributed by atoms with van der Waals surface area (Å²) < 4.78 is 5.77. The van der Waals surface area contributed by atoms with E-state index < -0.39 is 5.91 Å². The number of hydrogen-bond donors (Lipinski definition) is 2. The molecule has 2 aromatic carbocycles. The minimum atomic E-state index is -0.467. The number of methoxy groups -OCH3 is 1. The Balaban J connectivity index is 2.28. The Hall–Kier alpha value is -1.72. The smallest absolute Gasteiger partial charge is 0.259 e. The molecular weight excluding hydrogens is 346 g/mol. The first-order chi connectivity index (χ1) is 9.52. The van der Waals surface area contributed by atoms with Gasteiger partial charge in [-0.15, -0.1) is 0 Å². The van der Waals surface area contributed by atoms with E-state index in [4.69, 9.17) is 16.3 Å². The highest BCUT2D eigenvalue weighted by molar-refractivity contribution is 9.10. The summed E-state index contributed by atoms with van der Waals surface area (Å²) in [5.74, 6) is -0.439. The van der Waals surface area contributed by atoms with E-state index in [1.165, 1.54) is 13.2 Å². The molecule has 2 rings (SSSR count). The molecule has 2 aromatic rings. The molecule has 0 aliphatic carbocycles. The second-order valence-corrected chi connectivity index (χ2v) is 5.26. The van der Waals surface area contributed by atoms with Gasteiger partial charge in [-0.25, -0.2) is 0 Å². The van der Waals surface area contributed by atoms with Crippen LogP contribution in [0.15, 0.2) is 40.9 Å². The molecule has 0 unspecified atom stereocenters. The maximum Gasteiger partial charge on any atom is 0.259 e. The molecule has 0 aromatic heterocycles. The third-order valence-corrected chi connectivity index (χ3v) is 3.45. The van der Waals surface area contributed by atoms with Crippen LogP contribution in [-0.4, -0.2) is 18.1 Å². The number of benzene rings is 2. The zero-order valence-corrected chi connectivity index (χ0v) is 12.8. The van der Waals surface area contributed by atoms with Crippen LogP contribution in [0.5, 0.6) is 11.5 Å². The second kappa shape index (κ2) is 6.15. The van der Waals surface area contributed by atoms with Gasteiger partial charge in [-0.05, 0) is 30.3 Å². The predicted octanol–water partition coefficient (Wildman–Crippen LogP) is 4.07. The fraction of sp³-hybridized carbons (Fsp3) is 0.0714. The molecule has 0 fully saturated rings. The van der Waals surface area contributed by atoms with Gasteiger partial charge >= 0.3 is 0 Å². The van der Waals surface area contributed by atoms with Gasteiger partial charge in [0.05, 0.1) is 23.4 Å². The molecule has 6 heteroatoms.